The van der Waals surface area contributed by atoms with Crippen LogP contribution in [0, 0.1) is 5.92 Å². The molecule has 8 nitrogen and oxygen atoms in total. The lowest BCUT2D eigenvalue weighted by Crippen LogP contribution is -2.54. The number of ether oxygens (including phenoxy) is 1. The molecule has 182 valence electrons. The molecular formula is C20H23F5N4O4. The van der Waals surface area contributed by atoms with Crippen molar-refractivity contribution in [3.05, 3.63) is 23.8 Å². The fourth-order valence-corrected chi connectivity index (χ4v) is 3.63. The molecule has 1 heterocycles. The summed E-state index contributed by atoms with van der Waals surface area (Å²) in [5.74, 6) is -2.92. The normalized spacial score (nSPS) is 18.0. The largest absolute Gasteiger partial charge is 0.418 e. The van der Waals surface area contributed by atoms with Crippen molar-refractivity contribution in [1.29, 1.82) is 0 Å². The van der Waals surface area contributed by atoms with E-state index in [-0.39, 0.29) is 37.9 Å². The van der Waals surface area contributed by atoms with Crippen molar-refractivity contribution in [2.75, 3.05) is 43.1 Å². The van der Waals surface area contributed by atoms with Gasteiger partial charge in [0.2, 0.25) is 5.91 Å². The predicted octanol–water partition coefficient (Wildman–Crippen LogP) is 1.84. The lowest BCUT2D eigenvalue weighted by molar-refractivity contribution is -0.138. The predicted molar refractivity (Wildman–Crippen MR) is 107 cm³/mol. The van der Waals surface area contributed by atoms with Gasteiger partial charge in [-0.05, 0) is 37.0 Å². The van der Waals surface area contributed by atoms with Crippen molar-refractivity contribution in [3.63, 3.8) is 0 Å². The summed E-state index contributed by atoms with van der Waals surface area (Å²) < 4.78 is 72.1. The van der Waals surface area contributed by atoms with E-state index < -0.39 is 54.2 Å². The number of anilines is 2. The van der Waals surface area contributed by atoms with Gasteiger partial charge in [-0.1, -0.05) is 0 Å². The maximum Gasteiger partial charge on any atom is 0.418 e. The highest BCUT2D eigenvalue weighted by Crippen LogP contribution is 2.39. The van der Waals surface area contributed by atoms with Crippen LogP contribution in [0.4, 0.5) is 33.3 Å². The quantitative estimate of drug-likeness (QED) is 0.416. The first-order chi connectivity index (χ1) is 15.5. The van der Waals surface area contributed by atoms with E-state index in [2.05, 4.69) is 5.32 Å². The van der Waals surface area contributed by atoms with Crippen molar-refractivity contribution in [1.82, 2.24) is 4.90 Å². The van der Waals surface area contributed by atoms with Gasteiger partial charge in [-0.25, -0.2) is 8.78 Å². The highest BCUT2D eigenvalue weighted by Gasteiger charge is 2.39. The van der Waals surface area contributed by atoms with E-state index in [1.807, 2.05) is 0 Å². The molecule has 1 atom stereocenters. The number of hydrogen-bond acceptors (Lipinski definition) is 5. The number of morpholine rings is 1. The number of rotatable bonds is 9. The number of amides is 3. The van der Waals surface area contributed by atoms with Crippen LogP contribution in [0.1, 0.15) is 18.4 Å². The number of benzene rings is 1. The molecule has 0 aromatic heterocycles. The van der Waals surface area contributed by atoms with Crippen molar-refractivity contribution < 1.29 is 41.1 Å². The van der Waals surface area contributed by atoms with Crippen LogP contribution < -0.4 is 16.0 Å². The van der Waals surface area contributed by atoms with Crippen LogP contribution in [0.5, 0.6) is 0 Å². The van der Waals surface area contributed by atoms with Gasteiger partial charge in [0.05, 0.1) is 24.4 Å². The molecule has 2 aliphatic rings. The summed E-state index contributed by atoms with van der Waals surface area (Å²) in [6.07, 6.45) is -6.21. The first-order valence-corrected chi connectivity index (χ1v) is 10.2. The Kier molecular flexibility index (Phi) is 7.52. The Labute approximate surface area is 185 Å². The van der Waals surface area contributed by atoms with E-state index >= 15 is 0 Å². The summed E-state index contributed by atoms with van der Waals surface area (Å²) in [6, 6.07) is 0.977. The molecule has 2 fully saturated rings. The topological polar surface area (TPSA) is 105 Å². The van der Waals surface area contributed by atoms with E-state index in [4.69, 9.17) is 10.5 Å². The van der Waals surface area contributed by atoms with E-state index in [0.29, 0.717) is 6.07 Å². The van der Waals surface area contributed by atoms with Gasteiger partial charge in [-0.3, -0.25) is 19.3 Å². The molecule has 0 unspecified atom stereocenters. The highest BCUT2D eigenvalue weighted by atomic mass is 19.4. The summed E-state index contributed by atoms with van der Waals surface area (Å²) in [5, 5.41) is 2.17. The Bertz CT molecular complexity index is 903. The number of primary amides is 1. The second-order valence-corrected chi connectivity index (χ2v) is 7.91. The van der Waals surface area contributed by atoms with Gasteiger partial charge < -0.3 is 20.7 Å². The lowest BCUT2D eigenvalue weighted by Gasteiger charge is -2.30. The Morgan fingerprint density at radius 3 is 2.52 bits per heavy atom. The van der Waals surface area contributed by atoms with Crippen LogP contribution in [0.2, 0.25) is 0 Å². The average molecular weight is 478 g/mol. The van der Waals surface area contributed by atoms with E-state index in [1.54, 1.807) is 0 Å². The van der Waals surface area contributed by atoms with Crippen LogP contribution in [0.25, 0.3) is 0 Å². The molecule has 1 aliphatic carbocycles. The molecular weight excluding hydrogens is 455 g/mol. The molecule has 3 N–H and O–H groups in total. The number of nitrogens with one attached hydrogen (secondary N) is 1. The molecule has 33 heavy (non-hydrogen) atoms. The highest BCUT2D eigenvalue weighted by molar-refractivity contribution is 6.09. The molecule has 13 heteroatoms. The van der Waals surface area contributed by atoms with Gasteiger partial charge in [0.25, 0.3) is 18.2 Å². The van der Waals surface area contributed by atoms with E-state index in [0.717, 1.165) is 34.8 Å². The molecule has 3 rings (SSSR count). The number of carbonyl (C=O) groups excluding carboxylic acids is 3. The third kappa shape index (κ3) is 6.38. The molecule has 0 radical (unpaired) electrons. The molecule has 1 saturated carbocycles. The summed E-state index contributed by atoms with van der Waals surface area (Å²) in [4.78, 5) is 38.5. The Balaban J connectivity index is 1.86. The number of alkyl halides is 5. The maximum atomic E-state index is 13.7. The Morgan fingerprint density at radius 1 is 1.27 bits per heavy atom. The Hall–Kier alpha value is -2.80. The zero-order valence-corrected chi connectivity index (χ0v) is 17.4. The summed E-state index contributed by atoms with van der Waals surface area (Å²) in [6.45, 7) is -1.23. The fraction of sp³-hybridized carbons (Fsp3) is 0.550. The van der Waals surface area contributed by atoms with Gasteiger partial charge in [-0.15, -0.1) is 0 Å². The third-order valence-electron chi connectivity index (χ3n) is 5.29. The summed E-state index contributed by atoms with van der Waals surface area (Å²) in [7, 11) is 0. The fourth-order valence-electron chi connectivity index (χ4n) is 3.63. The Morgan fingerprint density at radius 2 is 1.97 bits per heavy atom. The monoisotopic (exact) mass is 478 g/mol. The van der Waals surface area contributed by atoms with Gasteiger partial charge in [0.1, 0.15) is 6.61 Å². The lowest BCUT2D eigenvalue weighted by atomic mass is 10.1. The van der Waals surface area contributed by atoms with Gasteiger partial charge in [0, 0.05) is 18.8 Å². The van der Waals surface area contributed by atoms with Gasteiger partial charge in [-0.2, -0.15) is 13.2 Å². The summed E-state index contributed by atoms with van der Waals surface area (Å²) >= 11 is 0. The molecule has 1 saturated heterocycles. The average Bonchev–Trinajstić information content (AvgIpc) is 3.51. The minimum Gasteiger partial charge on any atom is -0.370 e. The summed E-state index contributed by atoms with van der Waals surface area (Å²) in [5.41, 5.74) is 3.35. The van der Waals surface area contributed by atoms with Crippen LogP contribution >= 0.6 is 0 Å². The zero-order chi connectivity index (χ0) is 24.3. The van der Waals surface area contributed by atoms with Crippen LogP contribution in [-0.2, 0) is 25.3 Å². The molecule has 3 amide bonds. The third-order valence-corrected chi connectivity index (χ3v) is 5.29. The number of nitrogens with zero attached hydrogens (tertiary/aromatic N) is 2. The SMILES string of the molecule is NC(=O)[C@@H](C(=O)Nc1ccc(N2CCOCC2=O)c(C(F)(F)F)c1)N(CC(F)F)CC1CC1. The van der Waals surface area contributed by atoms with E-state index in [9.17, 15) is 36.3 Å². The second kappa shape index (κ2) is 10.00. The van der Waals surface area contributed by atoms with Gasteiger partial charge >= 0.3 is 6.18 Å². The molecule has 1 aliphatic heterocycles. The zero-order valence-electron chi connectivity index (χ0n) is 17.4. The standard InChI is InChI=1S/C20H23F5N4O4/c21-15(22)9-28(8-11-1-2-11)17(18(26)31)19(32)27-12-3-4-14(13(7-12)20(23,24)25)29-5-6-33-10-16(29)30/h3-4,7,11,15,17H,1-2,5-6,8-10H2,(H2,26,31)(H,27,32)/t17-/m0/s1. The van der Waals surface area contributed by atoms with Crippen molar-refractivity contribution >= 4 is 29.1 Å². The minimum atomic E-state index is -4.87. The van der Waals surface area contributed by atoms with Crippen LogP contribution in [-0.4, -0.2) is 67.9 Å². The van der Waals surface area contributed by atoms with Gasteiger partial charge in [0.15, 0.2) is 6.04 Å². The number of carbonyl (C=O) groups is 3. The smallest absolute Gasteiger partial charge is 0.370 e. The first kappa shape index (κ1) is 24.8. The van der Waals surface area contributed by atoms with Crippen molar-refractivity contribution in [2.45, 2.75) is 31.5 Å². The molecule has 1 aromatic rings. The molecule has 1 aromatic carbocycles. The first-order valence-electron chi connectivity index (χ1n) is 10.2. The van der Waals surface area contributed by atoms with Crippen LogP contribution in [0.3, 0.4) is 0 Å². The second-order valence-electron chi connectivity index (χ2n) is 7.91. The van der Waals surface area contributed by atoms with Crippen molar-refractivity contribution in [3.8, 4) is 0 Å². The van der Waals surface area contributed by atoms with Crippen molar-refractivity contribution in [2.24, 2.45) is 11.7 Å². The van der Waals surface area contributed by atoms with Crippen LogP contribution in [0.15, 0.2) is 18.2 Å². The molecule has 0 bridgehead atoms. The van der Waals surface area contributed by atoms with E-state index in [1.165, 1.54) is 0 Å². The number of hydrogen-bond donors (Lipinski definition) is 2. The number of nitrogens with two attached hydrogens (primary N) is 1. The minimum absolute atomic E-state index is 0.0389. The maximum absolute atomic E-state index is 13.7. The molecule has 0 spiro atoms. The number of halogens is 5.